The SMILES string of the molecule is [Al].[Cr+3].[N-3].[Ti]. The van der Waals surface area contributed by atoms with Gasteiger partial charge in [-0.3, -0.25) is 0 Å². The molecule has 18 valence electrons. The molecule has 0 aliphatic carbocycles. The first-order valence-electron chi connectivity index (χ1n) is 0. The fourth-order valence-corrected chi connectivity index (χ4v) is 0. The van der Waals surface area contributed by atoms with Gasteiger partial charge in [-0.1, -0.05) is 0 Å². The normalized spacial score (nSPS) is 0. The maximum atomic E-state index is 0. The molecule has 0 bridgehead atoms. The molecule has 4 heteroatoms. The molecule has 0 rings (SSSR count). The molecule has 0 saturated heterocycles. The Morgan fingerprint density at radius 2 is 1.00 bits per heavy atom. The molecule has 0 aliphatic rings. The van der Waals surface area contributed by atoms with E-state index in [2.05, 4.69) is 0 Å². The van der Waals surface area contributed by atoms with E-state index in [9.17, 15) is 0 Å². The zero-order valence-corrected chi connectivity index (χ0v) is 5.92. The van der Waals surface area contributed by atoms with Gasteiger partial charge in [0.2, 0.25) is 0 Å². The third-order valence-corrected chi connectivity index (χ3v) is 0. The van der Waals surface area contributed by atoms with Crippen LogP contribution in [-0.4, -0.2) is 17.4 Å². The van der Waals surface area contributed by atoms with Crippen LogP contribution in [0.3, 0.4) is 0 Å². The molecule has 0 unspecified atom stereocenters. The molecule has 0 aromatic heterocycles. The van der Waals surface area contributed by atoms with Gasteiger partial charge in [0.15, 0.2) is 0 Å². The summed E-state index contributed by atoms with van der Waals surface area (Å²) in [5, 5.41) is 0. The van der Waals surface area contributed by atoms with E-state index in [0.29, 0.717) is 0 Å². The summed E-state index contributed by atoms with van der Waals surface area (Å²) in [5.41, 5.74) is 0. The molecule has 0 spiro atoms. The zero-order chi connectivity index (χ0) is 0. The smallest absolute Gasteiger partial charge is 3.00 e. The van der Waals surface area contributed by atoms with E-state index in [1.54, 1.807) is 0 Å². The summed E-state index contributed by atoms with van der Waals surface area (Å²) < 4.78 is 0. The average Bonchev–Trinajstić information content (AvgIpc) is 0. The summed E-state index contributed by atoms with van der Waals surface area (Å²) in [7, 11) is 0. The second-order valence-corrected chi connectivity index (χ2v) is 0. The van der Waals surface area contributed by atoms with Crippen LogP contribution in [0.2, 0.25) is 0 Å². The topological polar surface area (TPSA) is 30.5 Å². The summed E-state index contributed by atoms with van der Waals surface area (Å²) in [4.78, 5) is 0. The van der Waals surface area contributed by atoms with Crippen LogP contribution in [0.25, 0.3) is 6.15 Å². The number of rotatable bonds is 0. The monoisotopic (exact) mass is 141 g/mol. The Labute approximate surface area is 62.3 Å². The Morgan fingerprint density at radius 1 is 1.00 bits per heavy atom. The van der Waals surface area contributed by atoms with Gasteiger partial charge in [-0.25, -0.2) is 0 Å². The van der Waals surface area contributed by atoms with Gasteiger partial charge in [0.05, 0.1) is 0 Å². The van der Waals surface area contributed by atoms with Crippen molar-refractivity contribution < 1.29 is 39.1 Å². The number of hydrogen-bond acceptors (Lipinski definition) is 0. The summed E-state index contributed by atoms with van der Waals surface area (Å²) in [5.74, 6) is 0. The minimum atomic E-state index is 0. The van der Waals surface area contributed by atoms with Crippen LogP contribution in [0, 0.1) is 0 Å². The molecule has 0 amide bonds. The Morgan fingerprint density at radius 3 is 1.00 bits per heavy atom. The summed E-state index contributed by atoms with van der Waals surface area (Å²) in [6.07, 6.45) is 0. The summed E-state index contributed by atoms with van der Waals surface area (Å²) >= 11 is 0. The van der Waals surface area contributed by atoms with Crippen molar-refractivity contribution in [2.45, 2.75) is 0 Å². The molecule has 4 heavy (non-hydrogen) atoms. The maximum Gasteiger partial charge on any atom is 3.00 e. The summed E-state index contributed by atoms with van der Waals surface area (Å²) in [6, 6.07) is 0. The fourth-order valence-electron chi connectivity index (χ4n) is 0. The second kappa shape index (κ2) is 21.9. The van der Waals surface area contributed by atoms with Crippen molar-refractivity contribution in [2.75, 3.05) is 0 Å². The van der Waals surface area contributed by atoms with E-state index in [1.165, 1.54) is 0 Å². The van der Waals surface area contributed by atoms with Crippen LogP contribution < -0.4 is 0 Å². The van der Waals surface area contributed by atoms with Crippen LogP contribution in [0.1, 0.15) is 0 Å². The molecule has 0 atom stereocenters. The molecule has 0 saturated carbocycles. The predicted molar refractivity (Wildman–Crippen MR) is 9.11 cm³/mol. The molecule has 4 radical (unpaired) electrons. The molecular formula is AlCrNTi. The Hall–Kier alpha value is 1.74. The Balaban J connectivity index is 0. The second-order valence-electron chi connectivity index (χ2n) is 0. The molecule has 0 fully saturated rings. The van der Waals surface area contributed by atoms with Gasteiger partial charge < -0.3 is 6.15 Å². The van der Waals surface area contributed by atoms with Gasteiger partial charge in [-0.2, -0.15) is 0 Å². The van der Waals surface area contributed by atoms with Crippen molar-refractivity contribution >= 4 is 17.4 Å². The van der Waals surface area contributed by atoms with Crippen molar-refractivity contribution in [2.24, 2.45) is 0 Å². The average molecular weight is 141 g/mol. The van der Waals surface area contributed by atoms with Crippen molar-refractivity contribution in [3.63, 3.8) is 0 Å². The van der Waals surface area contributed by atoms with E-state index < -0.39 is 0 Å². The van der Waals surface area contributed by atoms with Crippen LogP contribution >= 0.6 is 0 Å². The largest absolute Gasteiger partial charge is 3.00 e. The third kappa shape index (κ3) is 9.28. The Kier molecular flexibility index (Phi) is 233. The van der Waals surface area contributed by atoms with Crippen LogP contribution in [-0.2, 0) is 39.1 Å². The molecule has 0 aromatic carbocycles. The van der Waals surface area contributed by atoms with Gasteiger partial charge in [0, 0.05) is 39.1 Å². The summed E-state index contributed by atoms with van der Waals surface area (Å²) in [6.45, 7) is 0. The van der Waals surface area contributed by atoms with E-state index in [0.717, 1.165) is 0 Å². The standard InChI is InChI=1S/Al.Cr.N.Ti/q;+3;-3;. The van der Waals surface area contributed by atoms with E-state index >= 15 is 0 Å². The first-order valence-corrected chi connectivity index (χ1v) is 0. The number of nitrogens with zero attached hydrogens (tertiary/aromatic N) is 1. The van der Waals surface area contributed by atoms with E-state index in [-0.39, 0.29) is 62.6 Å². The third-order valence-electron chi connectivity index (χ3n) is 0. The molecule has 0 aliphatic heterocycles. The maximum absolute atomic E-state index is 0. The number of hydrogen-bond donors (Lipinski definition) is 0. The minimum Gasteiger partial charge on any atom is -3.00 e. The van der Waals surface area contributed by atoms with Crippen LogP contribution in [0.4, 0.5) is 0 Å². The van der Waals surface area contributed by atoms with Gasteiger partial charge in [0.25, 0.3) is 0 Å². The van der Waals surface area contributed by atoms with Gasteiger partial charge in [-0.15, -0.1) is 0 Å². The van der Waals surface area contributed by atoms with E-state index in [1.807, 2.05) is 0 Å². The zero-order valence-electron chi connectivity index (χ0n) is 1.93. The predicted octanol–water partition coefficient (Wildman–Crippen LogP) is -0.0971. The minimum absolute atomic E-state index is 0. The van der Waals surface area contributed by atoms with Crippen LogP contribution in [0.15, 0.2) is 0 Å². The first-order chi connectivity index (χ1) is 0. The molecule has 0 N–H and O–H groups in total. The van der Waals surface area contributed by atoms with Crippen molar-refractivity contribution in [1.82, 2.24) is 0 Å². The molecular weight excluding hydrogens is 141 g/mol. The fraction of sp³-hybridized carbons (Fsp3) is 0. The van der Waals surface area contributed by atoms with Crippen molar-refractivity contribution in [3.05, 3.63) is 6.15 Å². The van der Waals surface area contributed by atoms with Crippen molar-refractivity contribution in [3.8, 4) is 0 Å². The van der Waals surface area contributed by atoms with Crippen molar-refractivity contribution in [1.29, 1.82) is 0 Å². The molecule has 1 nitrogen and oxygen atoms in total. The quantitative estimate of drug-likeness (QED) is 0.421. The van der Waals surface area contributed by atoms with Crippen LogP contribution in [0.5, 0.6) is 0 Å². The first kappa shape index (κ1) is 42.6. The van der Waals surface area contributed by atoms with Gasteiger partial charge in [0.1, 0.15) is 0 Å². The van der Waals surface area contributed by atoms with Gasteiger partial charge >= 0.3 is 17.4 Å². The van der Waals surface area contributed by atoms with Gasteiger partial charge in [-0.05, 0) is 0 Å². The Bertz CT molecular complexity index is 8.00. The molecule has 0 aromatic rings. The molecule has 0 heterocycles. The van der Waals surface area contributed by atoms with E-state index in [4.69, 9.17) is 0 Å².